The Hall–Kier alpha value is -3.49. The molecule has 2 aliphatic heterocycles. The summed E-state index contributed by atoms with van der Waals surface area (Å²) in [5.74, 6) is -0.581. The highest BCUT2D eigenvalue weighted by atomic mass is 16.3. The number of hydrogen-bond acceptors (Lipinski definition) is 5. The number of hydrazone groups is 1. The number of carbonyl (C=O) groups excluding carboxylic acids is 2. The Kier molecular flexibility index (Phi) is 4.15. The van der Waals surface area contributed by atoms with Crippen molar-refractivity contribution in [3.05, 3.63) is 53.6 Å². The summed E-state index contributed by atoms with van der Waals surface area (Å²) in [6, 6.07) is 12.8. The molecule has 8 nitrogen and oxygen atoms in total. The van der Waals surface area contributed by atoms with E-state index in [1.807, 2.05) is 36.4 Å². The lowest BCUT2D eigenvalue weighted by molar-refractivity contribution is -0.117. The molecule has 2 amide bonds. The molecule has 2 aliphatic rings. The number of rotatable bonds is 3. The molecular weight excluding hydrogens is 370 g/mol. The summed E-state index contributed by atoms with van der Waals surface area (Å²) < 4.78 is 0. The number of H-pyrrole nitrogens is 1. The molecule has 8 heteroatoms. The molecule has 0 spiro atoms. The summed E-state index contributed by atoms with van der Waals surface area (Å²) >= 11 is 0. The molecule has 5 N–H and O–H groups in total. The molecule has 3 aromatic rings. The third kappa shape index (κ3) is 3.08. The Morgan fingerprint density at radius 1 is 1.21 bits per heavy atom. The normalized spacial score (nSPS) is 20.5. The fourth-order valence-corrected chi connectivity index (χ4v) is 3.93. The van der Waals surface area contributed by atoms with Crippen LogP contribution in [0, 0.1) is 0 Å². The Morgan fingerprint density at radius 2 is 2.03 bits per heavy atom. The van der Waals surface area contributed by atoms with E-state index in [1.165, 1.54) is 0 Å². The zero-order valence-electron chi connectivity index (χ0n) is 15.4. The van der Waals surface area contributed by atoms with Crippen molar-refractivity contribution in [2.75, 3.05) is 11.9 Å². The van der Waals surface area contributed by atoms with Crippen molar-refractivity contribution in [2.24, 2.45) is 5.10 Å². The van der Waals surface area contributed by atoms with Crippen LogP contribution in [0.15, 0.2) is 47.6 Å². The molecule has 1 saturated heterocycles. The number of hydrogen-bond donors (Lipinski definition) is 5. The van der Waals surface area contributed by atoms with Crippen LogP contribution in [-0.2, 0) is 4.79 Å². The zero-order valence-corrected chi connectivity index (χ0v) is 15.4. The van der Waals surface area contributed by atoms with E-state index < -0.39 is 12.1 Å². The van der Waals surface area contributed by atoms with Gasteiger partial charge in [0.25, 0.3) is 5.91 Å². The second-order valence-electron chi connectivity index (χ2n) is 7.26. The number of nitrogens with zero attached hydrogens (tertiary/aromatic N) is 1. The van der Waals surface area contributed by atoms with E-state index in [2.05, 4.69) is 26.1 Å². The van der Waals surface area contributed by atoms with Crippen LogP contribution in [-0.4, -0.2) is 46.8 Å². The first-order valence-electron chi connectivity index (χ1n) is 9.41. The highest BCUT2D eigenvalue weighted by Crippen LogP contribution is 2.34. The maximum Gasteiger partial charge on any atom is 0.272 e. The van der Waals surface area contributed by atoms with Gasteiger partial charge in [0.05, 0.1) is 29.6 Å². The molecule has 2 aromatic carbocycles. The van der Waals surface area contributed by atoms with Crippen LogP contribution in [0.3, 0.4) is 0 Å². The van der Waals surface area contributed by atoms with E-state index in [0.29, 0.717) is 24.2 Å². The van der Waals surface area contributed by atoms with E-state index in [0.717, 1.165) is 27.7 Å². The second kappa shape index (κ2) is 6.84. The third-order valence-electron chi connectivity index (χ3n) is 5.30. The van der Waals surface area contributed by atoms with Crippen molar-refractivity contribution in [3.8, 4) is 11.3 Å². The summed E-state index contributed by atoms with van der Waals surface area (Å²) in [6.07, 6.45) is 1.47. The second-order valence-corrected chi connectivity index (χ2v) is 7.26. The maximum atomic E-state index is 12.6. The van der Waals surface area contributed by atoms with Crippen molar-refractivity contribution in [1.82, 2.24) is 15.7 Å². The molecule has 0 saturated carbocycles. The van der Waals surface area contributed by atoms with Crippen molar-refractivity contribution in [1.29, 1.82) is 0 Å². The summed E-state index contributed by atoms with van der Waals surface area (Å²) in [5.41, 5.74) is 6.83. The fraction of sp³-hybridized carbons (Fsp3) is 0.190. The van der Waals surface area contributed by atoms with Gasteiger partial charge in [-0.2, -0.15) is 5.10 Å². The van der Waals surface area contributed by atoms with Crippen LogP contribution in [0.4, 0.5) is 5.69 Å². The van der Waals surface area contributed by atoms with E-state index in [4.69, 9.17) is 0 Å². The Balaban J connectivity index is 1.60. The number of anilines is 1. The summed E-state index contributed by atoms with van der Waals surface area (Å²) in [5, 5.41) is 20.3. The first-order chi connectivity index (χ1) is 14.1. The molecule has 0 bridgehead atoms. The Labute approximate surface area is 166 Å². The van der Waals surface area contributed by atoms with Gasteiger partial charge in [-0.05, 0) is 24.1 Å². The molecule has 0 unspecified atom stereocenters. The lowest BCUT2D eigenvalue weighted by Crippen LogP contribution is -2.35. The van der Waals surface area contributed by atoms with E-state index in [1.54, 1.807) is 12.3 Å². The molecule has 0 aliphatic carbocycles. The number of aromatic amines is 1. The molecular formula is C21H19N5O3. The van der Waals surface area contributed by atoms with E-state index in [-0.39, 0.29) is 11.8 Å². The van der Waals surface area contributed by atoms with Crippen LogP contribution >= 0.6 is 0 Å². The van der Waals surface area contributed by atoms with Crippen LogP contribution < -0.4 is 16.1 Å². The quantitative estimate of drug-likeness (QED) is 0.467. The topological polar surface area (TPSA) is 119 Å². The molecule has 0 radical (unpaired) electrons. The summed E-state index contributed by atoms with van der Waals surface area (Å²) in [6.45, 7) is 0.391. The number of aliphatic hydroxyl groups excluding tert-OH is 1. The third-order valence-corrected chi connectivity index (χ3v) is 5.30. The monoisotopic (exact) mass is 389 g/mol. The number of aromatic nitrogens is 1. The van der Waals surface area contributed by atoms with Gasteiger partial charge in [-0.25, -0.2) is 5.43 Å². The highest BCUT2D eigenvalue weighted by Gasteiger charge is 2.29. The molecule has 146 valence electrons. The molecule has 2 atom stereocenters. The minimum absolute atomic E-state index is 0.242. The standard InChI is InChI=1S/C21H19N5O3/c27-13-8-17(22-9-13)21(29)24-12-6-14-18-15(10-23-26-20(14)28)19(25-16(18)7-12)11-4-2-1-3-5-11/h1-7,10,13,17,22,25,27H,8-9H2,(H,24,29)(H,26,28)/t13-,17+/m1/s1. The smallest absolute Gasteiger partial charge is 0.272 e. The van der Waals surface area contributed by atoms with Gasteiger partial charge in [0, 0.05) is 28.7 Å². The molecule has 3 heterocycles. The van der Waals surface area contributed by atoms with Gasteiger partial charge < -0.3 is 20.7 Å². The van der Waals surface area contributed by atoms with E-state index in [9.17, 15) is 14.7 Å². The summed E-state index contributed by atoms with van der Waals surface area (Å²) in [4.78, 5) is 28.5. The number of benzene rings is 2. The molecule has 1 aromatic heterocycles. The van der Waals surface area contributed by atoms with Crippen LogP contribution in [0.1, 0.15) is 22.3 Å². The first-order valence-corrected chi connectivity index (χ1v) is 9.41. The largest absolute Gasteiger partial charge is 0.392 e. The molecule has 5 rings (SSSR count). The van der Waals surface area contributed by atoms with Gasteiger partial charge in [-0.15, -0.1) is 0 Å². The highest BCUT2D eigenvalue weighted by molar-refractivity contribution is 6.18. The van der Waals surface area contributed by atoms with Gasteiger partial charge in [0.1, 0.15) is 0 Å². The lowest BCUT2D eigenvalue weighted by atomic mass is 10.0. The van der Waals surface area contributed by atoms with Crippen LogP contribution in [0.25, 0.3) is 22.2 Å². The fourth-order valence-electron chi connectivity index (χ4n) is 3.93. The van der Waals surface area contributed by atoms with Crippen LogP contribution in [0.2, 0.25) is 0 Å². The Bertz CT molecular complexity index is 1150. The Morgan fingerprint density at radius 3 is 2.79 bits per heavy atom. The van der Waals surface area contributed by atoms with Crippen LogP contribution in [0.5, 0.6) is 0 Å². The minimum atomic E-state index is -0.528. The number of aliphatic hydroxyl groups is 1. The minimum Gasteiger partial charge on any atom is -0.392 e. The van der Waals surface area contributed by atoms with Gasteiger partial charge in [0.15, 0.2) is 0 Å². The van der Waals surface area contributed by atoms with E-state index >= 15 is 0 Å². The van der Waals surface area contributed by atoms with Gasteiger partial charge >= 0.3 is 0 Å². The number of β-amino-alcohol motifs (C(OH)–C–C–N with tert-alkyl or cyclic N) is 1. The number of nitrogens with one attached hydrogen (secondary N) is 4. The summed E-state index contributed by atoms with van der Waals surface area (Å²) in [7, 11) is 0. The van der Waals surface area contributed by atoms with Crippen molar-refractivity contribution < 1.29 is 14.7 Å². The predicted molar refractivity (Wildman–Crippen MR) is 110 cm³/mol. The number of carbonyl (C=O) groups is 2. The molecule has 29 heavy (non-hydrogen) atoms. The average Bonchev–Trinajstić information content (AvgIpc) is 3.27. The first kappa shape index (κ1) is 17.6. The average molecular weight is 389 g/mol. The number of amides is 2. The van der Waals surface area contributed by atoms with Gasteiger partial charge in [-0.1, -0.05) is 30.3 Å². The maximum absolute atomic E-state index is 12.6. The van der Waals surface area contributed by atoms with Gasteiger partial charge in [0.2, 0.25) is 5.91 Å². The predicted octanol–water partition coefficient (Wildman–Crippen LogP) is 1.57. The SMILES string of the molecule is O=C1NN=Cc2c(-c3ccccc3)[nH]c3cc(NC(=O)[C@@H]4C[C@@H](O)CN4)cc1c23. The molecule has 1 fully saturated rings. The lowest BCUT2D eigenvalue weighted by Gasteiger charge is -2.12. The van der Waals surface area contributed by atoms with Gasteiger partial charge in [-0.3, -0.25) is 9.59 Å². The van der Waals surface area contributed by atoms with Crippen molar-refractivity contribution in [3.63, 3.8) is 0 Å². The van der Waals surface area contributed by atoms with Crippen molar-refractivity contribution in [2.45, 2.75) is 18.6 Å². The van der Waals surface area contributed by atoms with Crippen molar-refractivity contribution >= 4 is 34.6 Å². The zero-order chi connectivity index (χ0) is 20.0.